The third kappa shape index (κ3) is 4.24. The van der Waals surface area contributed by atoms with Crippen LogP contribution in [0.3, 0.4) is 0 Å². The van der Waals surface area contributed by atoms with Gasteiger partial charge in [0.1, 0.15) is 12.4 Å². The molecule has 124 valence electrons. The maximum Gasteiger partial charge on any atom is 0.251 e. The van der Waals surface area contributed by atoms with Crippen LogP contribution in [0.1, 0.15) is 22.3 Å². The maximum atomic E-state index is 12.2. The van der Waals surface area contributed by atoms with Crippen LogP contribution in [0.4, 0.5) is 0 Å². The van der Waals surface area contributed by atoms with Crippen LogP contribution in [0, 0.1) is 5.92 Å². The molecular formula is C20H21NO3. The Balaban J connectivity index is 1.52. The fourth-order valence-electron chi connectivity index (χ4n) is 2.71. The molecule has 2 atom stereocenters. The molecule has 0 unspecified atom stereocenters. The van der Waals surface area contributed by atoms with Crippen LogP contribution in [0.15, 0.2) is 66.7 Å². The standard InChI is InChI=1S/C20H21NO3/c22-13-16-6-9-18(12-16)21-20(23)17-7-10-19(11-8-17)24-14-15-4-2-1-3-5-15/h1-11,16,18,22H,12-14H2,(H,21,23)/t16-,18+/m0/s1. The number of hydrogen-bond donors (Lipinski definition) is 2. The van der Waals surface area contributed by atoms with Crippen LogP contribution in [-0.2, 0) is 6.61 Å². The van der Waals surface area contributed by atoms with Crippen LogP contribution in [0.5, 0.6) is 5.75 Å². The van der Waals surface area contributed by atoms with Gasteiger partial charge in [-0.2, -0.15) is 0 Å². The smallest absolute Gasteiger partial charge is 0.251 e. The van der Waals surface area contributed by atoms with E-state index in [9.17, 15) is 4.79 Å². The summed E-state index contributed by atoms with van der Waals surface area (Å²) < 4.78 is 5.72. The molecule has 24 heavy (non-hydrogen) atoms. The predicted molar refractivity (Wildman–Crippen MR) is 92.8 cm³/mol. The molecule has 4 nitrogen and oxygen atoms in total. The number of nitrogens with one attached hydrogen (secondary N) is 1. The molecule has 0 aromatic heterocycles. The Morgan fingerprint density at radius 3 is 2.50 bits per heavy atom. The largest absolute Gasteiger partial charge is 0.489 e. The van der Waals surface area contributed by atoms with Crippen molar-refractivity contribution in [1.29, 1.82) is 0 Å². The van der Waals surface area contributed by atoms with E-state index in [4.69, 9.17) is 9.84 Å². The third-order valence-corrected chi connectivity index (χ3v) is 4.09. The van der Waals surface area contributed by atoms with Gasteiger partial charge in [-0.3, -0.25) is 4.79 Å². The number of hydrogen-bond acceptors (Lipinski definition) is 3. The van der Waals surface area contributed by atoms with Gasteiger partial charge in [0, 0.05) is 24.1 Å². The number of ether oxygens (including phenoxy) is 1. The van der Waals surface area contributed by atoms with Crippen LogP contribution in [-0.4, -0.2) is 23.7 Å². The van der Waals surface area contributed by atoms with E-state index in [1.807, 2.05) is 42.5 Å². The molecule has 0 saturated carbocycles. The Hall–Kier alpha value is -2.59. The summed E-state index contributed by atoms with van der Waals surface area (Å²) in [5, 5.41) is 12.1. The first-order valence-electron chi connectivity index (χ1n) is 8.11. The molecule has 2 aromatic carbocycles. The molecule has 0 aliphatic heterocycles. The summed E-state index contributed by atoms with van der Waals surface area (Å²) in [6.07, 6.45) is 4.64. The van der Waals surface area contributed by atoms with E-state index < -0.39 is 0 Å². The van der Waals surface area contributed by atoms with Crippen molar-refractivity contribution >= 4 is 5.91 Å². The van der Waals surface area contributed by atoms with Gasteiger partial charge in [-0.1, -0.05) is 42.5 Å². The maximum absolute atomic E-state index is 12.2. The van der Waals surface area contributed by atoms with Crippen LogP contribution < -0.4 is 10.1 Å². The number of rotatable bonds is 6. The highest BCUT2D eigenvalue weighted by Crippen LogP contribution is 2.18. The Kier molecular flexibility index (Phi) is 5.29. The van der Waals surface area contributed by atoms with E-state index in [1.165, 1.54) is 0 Å². The quantitative estimate of drug-likeness (QED) is 0.804. The van der Waals surface area contributed by atoms with E-state index in [-0.39, 0.29) is 24.5 Å². The van der Waals surface area contributed by atoms with Crippen molar-refractivity contribution in [3.63, 3.8) is 0 Å². The van der Waals surface area contributed by atoms with E-state index in [0.717, 1.165) is 17.7 Å². The minimum absolute atomic E-state index is 0.0105. The molecule has 1 aliphatic rings. The zero-order chi connectivity index (χ0) is 16.8. The molecule has 0 fully saturated rings. The number of amides is 1. The lowest BCUT2D eigenvalue weighted by atomic mass is 10.1. The summed E-state index contributed by atoms with van der Waals surface area (Å²) in [5.74, 6) is 0.762. The topological polar surface area (TPSA) is 58.6 Å². The van der Waals surface area contributed by atoms with Crippen LogP contribution in [0.2, 0.25) is 0 Å². The molecular weight excluding hydrogens is 302 g/mol. The molecule has 4 heteroatoms. The second-order valence-corrected chi connectivity index (χ2v) is 5.94. The highest BCUT2D eigenvalue weighted by atomic mass is 16.5. The number of carbonyl (C=O) groups excluding carboxylic acids is 1. The normalized spacial score (nSPS) is 19.2. The van der Waals surface area contributed by atoms with E-state index in [1.54, 1.807) is 24.3 Å². The minimum Gasteiger partial charge on any atom is -0.489 e. The lowest BCUT2D eigenvalue weighted by molar-refractivity contribution is 0.0941. The fourth-order valence-corrected chi connectivity index (χ4v) is 2.71. The zero-order valence-corrected chi connectivity index (χ0v) is 13.4. The highest BCUT2D eigenvalue weighted by molar-refractivity contribution is 5.94. The molecule has 0 spiro atoms. The van der Waals surface area contributed by atoms with Crippen molar-refractivity contribution in [2.75, 3.05) is 6.61 Å². The van der Waals surface area contributed by atoms with Gasteiger partial charge in [0.05, 0.1) is 0 Å². The first kappa shape index (κ1) is 16.3. The van der Waals surface area contributed by atoms with Crippen molar-refractivity contribution in [3.05, 3.63) is 77.9 Å². The molecule has 1 aliphatic carbocycles. The lowest BCUT2D eigenvalue weighted by Crippen LogP contribution is -2.32. The van der Waals surface area contributed by atoms with Gasteiger partial charge < -0.3 is 15.2 Å². The van der Waals surface area contributed by atoms with Crippen molar-refractivity contribution in [3.8, 4) is 5.75 Å². The van der Waals surface area contributed by atoms with E-state index in [0.29, 0.717) is 12.2 Å². The molecule has 1 amide bonds. The second-order valence-electron chi connectivity index (χ2n) is 5.94. The minimum atomic E-state index is -0.113. The van der Waals surface area contributed by atoms with Crippen molar-refractivity contribution in [1.82, 2.24) is 5.32 Å². The van der Waals surface area contributed by atoms with Gasteiger partial charge >= 0.3 is 0 Å². The summed E-state index contributed by atoms with van der Waals surface area (Å²) in [4.78, 5) is 12.2. The summed E-state index contributed by atoms with van der Waals surface area (Å²) in [7, 11) is 0. The SMILES string of the molecule is O=C(N[C@@H]1C=C[C@H](CO)C1)c1ccc(OCc2ccccc2)cc1. The molecule has 2 N–H and O–H groups in total. The average Bonchev–Trinajstić information content (AvgIpc) is 3.09. The van der Waals surface area contributed by atoms with Gasteiger partial charge in [-0.25, -0.2) is 0 Å². The monoisotopic (exact) mass is 323 g/mol. The second kappa shape index (κ2) is 7.79. The number of aliphatic hydroxyl groups is 1. The van der Waals surface area contributed by atoms with E-state index >= 15 is 0 Å². The van der Waals surface area contributed by atoms with Crippen molar-refractivity contribution in [2.24, 2.45) is 5.92 Å². The van der Waals surface area contributed by atoms with Crippen molar-refractivity contribution < 1.29 is 14.6 Å². The number of carbonyl (C=O) groups is 1. The van der Waals surface area contributed by atoms with Gasteiger partial charge in [0.2, 0.25) is 0 Å². The molecule has 2 aromatic rings. The van der Waals surface area contributed by atoms with Gasteiger partial charge in [0.25, 0.3) is 5.91 Å². The zero-order valence-electron chi connectivity index (χ0n) is 13.4. The van der Waals surface area contributed by atoms with Gasteiger partial charge in [-0.15, -0.1) is 0 Å². The van der Waals surface area contributed by atoms with Gasteiger partial charge in [-0.05, 0) is 36.2 Å². The summed E-state index contributed by atoms with van der Waals surface area (Å²) >= 11 is 0. The molecule has 3 rings (SSSR count). The van der Waals surface area contributed by atoms with Crippen LogP contribution >= 0.6 is 0 Å². The highest BCUT2D eigenvalue weighted by Gasteiger charge is 2.20. The fraction of sp³-hybridized carbons (Fsp3) is 0.250. The van der Waals surface area contributed by atoms with Gasteiger partial charge in [0.15, 0.2) is 0 Å². The Bertz CT molecular complexity index is 695. The molecule has 0 radical (unpaired) electrons. The predicted octanol–water partition coefficient (Wildman–Crippen LogP) is 2.93. The number of aliphatic hydroxyl groups excluding tert-OH is 1. The Morgan fingerprint density at radius 2 is 1.83 bits per heavy atom. The average molecular weight is 323 g/mol. The summed E-state index contributed by atoms with van der Waals surface area (Å²) in [5.41, 5.74) is 1.70. The first-order valence-corrected chi connectivity index (χ1v) is 8.11. The first-order chi connectivity index (χ1) is 11.7. The molecule has 0 heterocycles. The lowest BCUT2D eigenvalue weighted by Gasteiger charge is -2.13. The summed E-state index contributed by atoms with van der Waals surface area (Å²) in [6, 6.07) is 17.1. The van der Waals surface area contributed by atoms with Crippen LogP contribution in [0.25, 0.3) is 0 Å². The van der Waals surface area contributed by atoms with E-state index in [2.05, 4.69) is 5.32 Å². The Morgan fingerprint density at radius 1 is 1.08 bits per heavy atom. The number of benzene rings is 2. The summed E-state index contributed by atoms with van der Waals surface area (Å²) in [6.45, 7) is 0.623. The molecule has 0 bridgehead atoms. The third-order valence-electron chi connectivity index (χ3n) is 4.09. The Labute approximate surface area is 141 Å². The molecule has 0 saturated heterocycles. The van der Waals surface area contributed by atoms with Crippen molar-refractivity contribution in [2.45, 2.75) is 19.1 Å².